The molecule has 0 aliphatic rings. The number of carbonyl (C=O) groups excluding carboxylic acids is 1. The number of aromatic nitrogens is 1. The molecule has 2 aromatic rings. The highest BCUT2D eigenvalue weighted by molar-refractivity contribution is 7.09. The zero-order valence-electron chi connectivity index (χ0n) is 10.6. The molecule has 1 aromatic carbocycles. The minimum absolute atomic E-state index is 0.00437. The van der Waals surface area contributed by atoms with Crippen LogP contribution in [0.1, 0.15) is 21.1 Å². The van der Waals surface area contributed by atoms with E-state index >= 15 is 0 Å². The molecule has 0 radical (unpaired) electrons. The van der Waals surface area contributed by atoms with Gasteiger partial charge in [0.25, 0.3) is 5.91 Å². The molecule has 0 spiro atoms. The number of hydrogen-bond donors (Lipinski definition) is 0. The van der Waals surface area contributed by atoms with E-state index in [4.69, 9.17) is 0 Å². The van der Waals surface area contributed by atoms with Crippen LogP contribution in [0, 0.1) is 6.92 Å². The van der Waals surface area contributed by atoms with Gasteiger partial charge in [0.05, 0.1) is 5.01 Å². The van der Waals surface area contributed by atoms with Crippen molar-refractivity contribution in [1.82, 2.24) is 9.88 Å². The first kappa shape index (κ1) is 12.8. The average Bonchev–Trinajstić information content (AvgIpc) is 2.83. The summed E-state index contributed by atoms with van der Waals surface area (Å²) in [5.74, 6) is -0.00437. The molecule has 3 nitrogen and oxygen atoms in total. The number of aryl methyl sites for hydroxylation is 1. The summed E-state index contributed by atoms with van der Waals surface area (Å²) in [5.41, 5.74) is 1.79. The van der Waals surface area contributed by atoms with Gasteiger partial charge in [0.15, 0.2) is 0 Å². The summed E-state index contributed by atoms with van der Waals surface area (Å²) in [5, 5.41) is 2.74. The van der Waals surface area contributed by atoms with Crippen LogP contribution in [0.5, 0.6) is 0 Å². The van der Waals surface area contributed by atoms with E-state index in [-0.39, 0.29) is 5.91 Å². The molecule has 0 N–H and O–H groups in total. The van der Waals surface area contributed by atoms with Crippen molar-refractivity contribution in [3.05, 3.63) is 52.0 Å². The highest BCUT2D eigenvalue weighted by atomic mass is 32.1. The highest BCUT2D eigenvalue weighted by Gasteiger charge is 2.14. The number of rotatable bonds is 4. The smallest absolute Gasteiger partial charge is 0.273 e. The zero-order valence-corrected chi connectivity index (χ0v) is 11.4. The maximum absolute atomic E-state index is 12.0. The fourth-order valence-electron chi connectivity index (χ4n) is 1.70. The molecule has 1 amide bonds. The number of benzene rings is 1. The maximum Gasteiger partial charge on any atom is 0.273 e. The lowest BCUT2D eigenvalue weighted by molar-refractivity contribution is 0.0791. The average molecular weight is 260 g/mol. The van der Waals surface area contributed by atoms with Gasteiger partial charge in [-0.2, -0.15) is 0 Å². The molecule has 0 fully saturated rings. The van der Waals surface area contributed by atoms with E-state index in [1.165, 1.54) is 16.9 Å². The van der Waals surface area contributed by atoms with Gasteiger partial charge in [0.2, 0.25) is 0 Å². The van der Waals surface area contributed by atoms with Crippen molar-refractivity contribution < 1.29 is 4.79 Å². The van der Waals surface area contributed by atoms with Gasteiger partial charge >= 0.3 is 0 Å². The predicted octanol–water partition coefficient (Wildman–Crippen LogP) is 2.77. The first-order valence-electron chi connectivity index (χ1n) is 5.88. The molecule has 0 aliphatic carbocycles. The van der Waals surface area contributed by atoms with E-state index in [9.17, 15) is 4.79 Å². The van der Waals surface area contributed by atoms with Gasteiger partial charge in [-0.1, -0.05) is 30.3 Å². The Hall–Kier alpha value is -1.68. The first-order valence-corrected chi connectivity index (χ1v) is 6.76. The van der Waals surface area contributed by atoms with Crippen LogP contribution in [0.25, 0.3) is 0 Å². The van der Waals surface area contributed by atoms with Crippen molar-refractivity contribution in [2.75, 3.05) is 13.6 Å². The predicted molar refractivity (Wildman–Crippen MR) is 74.0 cm³/mol. The van der Waals surface area contributed by atoms with Crippen molar-refractivity contribution in [3.8, 4) is 0 Å². The Morgan fingerprint density at radius 3 is 2.67 bits per heavy atom. The van der Waals surface area contributed by atoms with Crippen molar-refractivity contribution in [1.29, 1.82) is 0 Å². The van der Waals surface area contributed by atoms with E-state index in [0.717, 1.165) is 11.4 Å². The highest BCUT2D eigenvalue weighted by Crippen LogP contribution is 2.10. The third-order valence-electron chi connectivity index (χ3n) is 2.76. The van der Waals surface area contributed by atoms with Crippen LogP contribution in [0.15, 0.2) is 35.7 Å². The molecule has 1 heterocycles. The summed E-state index contributed by atoms with van der Waals surface area (Å²) >= 11 is 1.51. The maximum atomic E-state index is 12.0. The number of thiazole rings is 1. The summed E-state index contributed by atoms with van der Waals surface area (Å²) < 4.78 is 0. The van der Waals surface area contributed by atoms with Gasteiger partial charge in [-0.3, -0.25) is 4.79 Å². The molecule has 0 bridgehead atoms. The lowest BCUT2D eigenvalue weighted by Crippen LogP contribution is -2.29. The second kappa shape index (κ2) is 5.78. The largest absolute Gasteiger partial charge is 0.340 e. The SMILES string of the molecule is Cc1nc(C(=O)N(C)CCc2ccccc2)cs1. The lowest BCUT2D eigenvalue weighted by Gasteiger charge is -2.15. The van der Waals surface area contributed by atoms with Gasteiger partial charge in [0.1, 0.15) is 5.69 Å². The third-order valence-corrected chi connectivity index (χ3v) is 3.54. The van der Waals surface area contributed by atoms with Gasteiger partial charge < -0.3 is 4.90 Å². The Bertz CT molecular complexity index is 522. The fourth-order valence-corrected chi connectivity index (χ4v) is 2.29. The zero-order chi connectivity index (χ0) is 13.0. The molecule has 0 aliphatic heterocycles. The molecule has 4 heteroatoms. The Balaban J connectivity index is 1.92. The topological polar surface area (TPSA) is 33.2 Å². The number of hydrogen-bond acceptors (Lipinski definition) is 3. The first-order chi connectivity index (χ1) is 8.66. The number of likely N-dealkylation sites (N-methyl/N-ethyl adjacent to an activating group) is 1. The minimum atomic E-state index is -0.00437. The van der Waals surface area contributed by atoms with Crippen LogP contribution < -0.4 is 0 Å². The monoisotopic (exact) mass is 260 g/mol. The van der Waals surface area contributed by atoms with Gasteiger partial charge in [0, 0.05) is 19.0 Å². The quantitative estimate of drug-likeness (QED) is 0.847. The summed E-state index contributed by atoms with van der Waals surface area (Å²) in [7, 11) is 1.82. The molecule has 0 saturated heterocycles. The van der Waals surface area contributed by atoms with Crippen LogP contribution >= 0.6 is 11.3 Å². The van der Waals surface area contributed by atoms with Crippen molar-refractivity contribution >= 4 is 17.2 Å². The number of amides is 1. The van der Waals surface area contributed by atoms with E-state index in [0.29, 0.717) is 12.2 Å². The molecule has 1 aromatic heterocycles. The van der Waals surface area contributed by atoms with Crippen LogP contribution in [0.3, 0.4) is 0 Å². The molecule has 0 saturated carbocycles. The summed E-state index contributed by atoms with van der Waals surface area (Å²) in [6.07, 6.45) is 0.867. The second-order valence-corrected chi connectivity index (χ2v) is 5.28. The Labute approximate surface area is 111 Å². The van der Waals surface area contributed by atoms with Crippen LogP contribution in [0.2, 0.25) is 0 Å². The third kappa shape index (κ3) is 3.17. The Morgan fingerprint density at radius 1 is 1.33 bits per heavy atom. The molecule has 0 unspecified atom stereocenters. The summed E-state index contributed by atoms with van der Waals surface area (Å²) in [6.45, 7) is 2.62. The Kier molecular flexibility index (Phi) is 4.10. The minimum Gasteiger partial charge on any atom is -0.340 e. The normalized spacial score (nSPS) is 10.3. The van der Waals surface area contributed by atoms with Crippen molar-refractivity contribution in [2.24, 2.45) is 0 Å². The van der Waals surface area contributed by atoms with Crippen LogP contribution in [-0.2, 0) is 6.42 Å². The van der Waals surface area contributed by atoms with Crippen LogP contribution in [-0.4, -0.2) is 29.4 Å². The van der Waals surface area contributed by atoms with Crippen molar-refractivity contribution in [2.45, 2.75) is 13.3 Å². The van der Waals surface area contributed by atoms with E-state index in [1.54, 1.807) is 4.90 Å². The van der Waals surface area contributed by atoms with Crippen LogP contribution in [0.4, 0.5) is 0 Å². The van der Waals surface area contributed by atoms with Crippen molar-refractivity contribution in [3.63, 3.8) is 0 Å². The van der Waals surface area contributed by atoms with E-state index in [1.807, 2.05) is 37.6 Å². The molecular formula is C14H16N2OS. The molecule has 2 rings (SSSR count). The second-order valence-electron chi connectivity index (χ2n) is 4.21. The van der Waals surface area contributed by atoms with Gasteiger partial charge in [-0.25, -0.2) is 4.98 Å². The molecule has 18 heavy (non-hydrogen) atoms. The lowest BCUT2D eigenvalue weighted by atomic mass is 10.1. The number of nitrogens with zero attached hydrogens (tertiary/aromatic N) is 2. The van der Waals surface area contributed by atoms with E-state index in [2.05, 4.69) is 17.1 Å². The van der Waals surface area contributed by atoms with E-state index < -0.39 is 0 Å². The van der Waals surface area contributed by atoms with Gasteiger partial charge in [-0.15, -0.1) is 11.3 Å². The molecule has 0 atom stereocenters. The fraction of sp³-hybridized carbons (Fsp3) is 0.286. The van der Waals surface area contributed by atoms with Gasteiger partial charge in [-0.05, 0) is 18.9 Å². The molecular weight excluding hydrogens is 244 g/mol. The number of carbonyl (C=O) groups is 1. The summed E-state index contributed by atoms with van der Waals surface area (Å²) in [6, 6.07) is 10.2. The standard InChI is InChI=1S/C14H16N2OS/c1-11-15-13(10-18-11)14(17)16(2)9-8-12-6-4-3-5-7-12/h3-7,10H,8-9H2,1-2H3. The molecule has 94 valence electrons. The Morgan fingerprint density at radius 2 is 2.06 bits per heavy atom. The summed E-state index contributed by atoms with van der Waals surface area (Å²) in [4.78, 5) is 18.0.